The molecule has 0 aliphatic carbocycles. The summed E-state index contributed by atoms with van der Waals surface area (Å²) >= 11 is 0. The fourth-order valence-corrected chi connectivity index (χ4v) is 3.09. The number of nitrogens with one attached hydrogen (secondary N) is 1. The maximum absolute atomic E-state index is 5.52. The summed E-state index contributed by atoms with van der Waals surface area (Å²) in [6.45, 7) is 7.63. The summed E-state index contributed by atoms with van der Waals surface area (Å²) < 4.78 is 5.52. The maximum Gasteiger partial charge on any atom is 0.244 e. The molecule has 4 heteroatoms. The Morgan fingerprint density at radius 3 is 3.00 bits per heavy atom. The Hall–Kier alpha value is -1.68. The van der Waals surface area contributed by atoms with Gasteiger partial charge < -0.3 is 9.84 Å². The maximum atomic E-state index is 5.52. The molecule has 21 heavy (non-hydrogen) atoms. The van der Waals surface area contributed by atoms with Gasteiger partial charge in [0.1, 0.15) is 0 Å². The van der Waals surface area contributed by atoms with Gasteiger partial charge in [-0.3, -0.25) is 0 Å². The first-order chi connectivity index (χ1) is 10.0. The largest absolute Gasteiger partial charge is 0.338 e. The number of aromatic nitrogens is 2. The number of nitrogens with zero attached hydrogens (tertiary/aromatic N) is 2. The van der Waals surface area contributed by atoms with Crippen molar-refractivity contribution in [3.63, 3.8) is 0 Å². The van der Waals surface area contributed by atoms with Crippen molar-refractivity contribution in [1.82, 2.24) is 15.5 Å². The van der Waals surface area contributed by atoms with Crippen LogP contribution >= 0.6 is 0 Å². The molecule has 1 aromatic heterocycles. The van der Waals surface area contributed by atoms with Gasteiger partial charge in [-0.25, -0.2) is 0 Å². The molecule has 0 bridgehead atoms. The van der Waals surface area contributed by atoms with E-state index >= 15 is 0 Å². The zero-order chi connectivity index (χ0) is 14.9. The minimum atomic E-state index is 0.157. The number of piperidine rings is 1. The van der Waals surface area contributed by atoms with Gasteiger partial charge in [-0.15, -0.1) is 0 Å². The molecule has 0 saturated carbocycles. The average molecular weight is 285 g/mol. The molecule has 1 N–H and O–H groups in total. The summed E-state index contributed by atoms with van der Waals surface area (Å²) in [6, 6.07) is 8.59. The summed E-state index contributed by atoms with van der Waals surface area (Å²) in [5.41, 5.74) is 2.63. The molecule has 1 aliphatic heterocycles. The first kappa shape index (κ1) is 14.3. The fraction of sp³-hybridized carbons (Fsp3) is 0.529. The van der Waals surface area contributed by atoms with Crippen LogP contribution in [0.2, 0.25) is 0 Å². The molecule has 2 aromatic rings. The second kappa shape index (κ2) is 5.60. The van der Waals surface area contributed by atoms with Crippen molar-refractivity contribution in [2.24, 2.45) is 5.41 Å². The molecule has 112 valence electrons. The van der Waals surface area contributed by atoms with Crippen LogP contribution in [-0.2, 0) is 6.42 Å². The van der Waals surface area contributed by atoms with Crippen molar-refractivity contribution >= 4 is 0 Å². The third-order valence-electron chi connectivity index (χ3n) is 4.30. The van der Waals surface area contributed by atoms with Crippen molar-refractivity contribution < 1.29 is 4.52 Å². The molecule has 1 unspecified atom stereocenters. The van der Waals surface area contributed by atoms with Crippen LogP contribution in [0.5, 0.6) is 0 Å². The van der Waals surface area contributed by atoms with Crippen LogP contribution in [0.3, 0.4) is 0 Å². The molecule has 0 radical (unpaired) electrons. The van der Waals surface area contributed by atoms with Crippen molar-refractivity contribution in [2.45, 2.75) is 46.1 Å². The zero-order valence-electron chi connectivity index (χ0n) is 13.0. The molecule has 1 aromatic carbocycles. The fourth-order valence-electron chi connectivity index (χ4n) is 3.09. The molecule has 3 rings (SSSR count). The van der Waals surface area contributed by atoms with Crippen LogP contribution in [0.25, 0.3) is 0 Å². The lowest BCUT2D eigenvalue weighted by atomic mass is 9.77. The minimum absolute atomic E-state index is 0.157. The first-order valence-electron chi connectivity index (χ1n) is 7.66. The van der Waals surface area contributed by atoms with E-state index in [0.29, 0.717) is 0 Å². The third kappa shape index (κ3) is 3.16. The van der Waals surface area contributed by atoms with Crippen LogP contribution in [0.15, 0.2) is 28.8 Å². The van der Waals surface area contributed by atoms with Gasteiger partial charge in [-0.2, -0.15) is 4.98 Å². The summed E-state index contributed by atoms with van der Waals surface area (Å²) in [6.07, 6.45) is 3.10. The zero-order valence-corrected chi connectivity index (χ0v) is 13.0. The van der Waals surface area contributed by atoms with E-state index in [4.69, 9.17) is 4.52 Å². The lowest BCUT2D eigenvalue weighted by Crippen LogP contribution is -2.39. The molecular formula is C17H23N3O. The molecular weight excluding hydrogens is 262 g/mol. The smallest absolute Gasteiger partial charge is 0.244 e. The number of hydrogen-bond donors (Lipinski definition) is 1. The van der Waals surface area contributed by atoms with E-state index in [2.05, 4.69) is 60.5 Å². The summed E-state index contributed by atoms with van der Waals surface area (Å²) in [7, 11) is 0. The summed E-state index contributed by atoms with van der Waals surface area (Å²) in [5, 5.41) is 7.67. The van der Waals surface area contributed by atoms with Crippen LogP contribution in [-0.4, -0.2) is 16.7 Å². The van der Waals surface area contributed by atoms with Gasteiger partial charge in [0.15, 0.2) is 5.82 Å². The lowest BCUT2D eigenvalue weighted by Gasteiger charge is -2.36. The van der Waals surface area contributed by atoms with Gasteiger partial charge in [0.25, 0.3) is 0 Å². The van der Waals surface area contributed by atoms with Crippen molar-refractivity contribution in [3.8, 4) is 0 Å². The number of hydrogen-bond acceptors (Lipinski definition) is 4. The van der Waals surface area contributed by atoms with Gasteiger partial charge >= 0.3 is 0 Å². The predicted molar refractivity (Wildman–Crippen MR) is 82.0 cm³/mol. The minimum Gasteiger partial charge on any atom is -0.338 e. The van der Waals surface area contributed by atoms with E-state index < -0.39 is 0 Å². The lowest BCUT2D eigenvalue weighted by molar-refractivity contribution is 0.146. The van der Waals surface area contributed by atoms with E-state index in [1.165, 1.54) is 24.0 Å². The Bertz CT molecular complexity index is 618. The summed E-state index contributed by atoms with van der Waals surface area (Å²) in [5.74, 6) is 1.49. The molecule has 1 atom stereocenters. The third-order valence-corrected chi connectivity index (χ3v) is 4.30. The highest BCUT2D eigenvalue weighted by Gasteiger charge is 2.36. The quantitative estimate of drug-likeness (QED) is 0.939. The second-order valence-corrected chi connectivity index (χ2v) is 6.69. The topological polar surface area (TPSA) is 51.0 Å². The predicted octanol–water partition coefficient (Wildman–Crippen LogP) is 3.42. The summed E-state index contributed by atoms with van der Waals surface area (Å²) in [4.78, 5) is 4.61. The van der Waals surface area contributed by atoms with Crippen LogP contribution in [0, 0.1) is 12.3 Å². The Labute approximate surface area is 126 Å². The van der Waals surface area contributed by atoms with Crippen molar-refractivity contribution in [3.05, 3.63) is 47.1 Å². The Kier molecular flexibility index (Phi) is 3.81. The van der Waals surface area contributed by atoms with E-state index in [1.807, 2.05) is 0 Å². The van der Waals surface area contributed by atoms with Gasteiger partial charge in [0, 0.05) is 6.42 Å². The molecule has 0 spiro atoms. The Morgan fingerprint density at radius 2 is 2.24 bits per heavy atom. The average Bonchev–Trinajstić information content (AvgIpc) is 2.86. The molecule has 4 nitrogen and oxygen atoms in total. The second-order valence-electron chi connectivity index (χ2n) is 6.69. The van der Waals surface area contributed by atoms with E-state index in [0.717, 1.165) is 24.7 Å². The first-order valence-corrected chi connectivity index (χ1v) is 7.66. The van der Waals surface area contributed by atoms with E-state index in [1.54, 1.807) is 0 Å². The van der Waals surface area contributed by atoms with Crippen molar-refractivity contribution in [2.75, 3.05) is 6.54 Å². The van der Waals surface area contributed by atoms with Gasteiger partial charge in [0.05, 0.1) is 6.04 Å². The standard InChI is InChI=1S/C17H23N3O/c1-12-6-4-7-13(10-12)11-14-19-16(21-20-14)15-17(2,3)8-5-9-18-15/h4,6-7,10,15,18H,5,8-9,11H2,1-3H3. The normalized spacial score (nSPS) is 21.4. The van der Waals surface area contributed by atoms with Crippen molar-refractivity contribution in [1.29, 1.82) is 0 Å². The van der Waals surface area contributed by atoms with Crippen LogP contribution in [0.1, 0.15) is 55.6 Å². The number of benzene rings is 1. The molecule has 1 aliphatic rings. The van der Waals surface area contributed by atoms with Gasteiger partial charge in [0.2, 0.25) is 5.89 Å². The molecule has 2 heterocycles. The highest BCUT2D eigenvalue weighted by Crippen LogP contribution is 2.39. The van der Waals surface area contributed by atoms with E-state index in [9.17, 15) is 0 Å². The molecule has 1 saturated heterocycles. The highest BCUT2D eigenvalue weighted by molar-refractivity contribution is 5.24. The SMILES string of the molecule is Cc1cccc(Cc2noc(C3NCCCC3(C)C)n2)c1. The molecule has 1 fully saturated rings. The monoisotopic (exact) mass is 285 g/mol. The van der Waals surface area contributed by atoms with E-state index in [-0.39, 0.29) is 11.5 Å². The van der Waals surface area contributed by atoms with Crippen LogP contribution in [0.4, 0.5) is 0 Å². The van der Waals surface area contributed by atoms with Gasteiger partial charge in [-0.05, 0) is 37.3 Å². The Morgan fingerprint density at radius 1 is 1.38 bits per heavy atom. The highest BCUT2D eigenvalue weighted by atomic mass is 16.5. The van der Waals surface area contributed by atoms with Crippen LogP contribution < -0.4 is 5.32 Å². The number of aryl methyl sites for hydroxylation is 1. The molecule has 0 amide bonds. The van der Waals surface area contributed by atoms with Gasteiger partial charge in [-0.1, -0.05) is 48.8 Å². The Balaban J connectivity index is 1.77. The number of rotatable bonds is 3.